The van der Waals surface area contributed by atoms with Gasteiger partial charge in [0.05, 0.1) is 6.54 Å². The van der Waals surface area contributed by atoms with Gasteiger partial charge in [-0.1, -0.05) is 30.3 Å². The molecule has 0 radical (unpaired) electrons. The van der Waals surface area contributed by atoms with Crippen LogP contribution in [0.2, 0.25) is 0 Å². The number of benzene rings is 2. The summed E-state index contributed by atoms with van der Waals surface area (Å²) in [5.74, 6) is -0.772. The molecule has 1 unspecified atom stereocenters. The largest absolute Gasteiger partial charge is 0.411 e. The predicted molar refractivity (Wildman–Crippen MR) is 101 cm³/mol. The van der Waals surface area contributed by atoms with Crippen molar-refractivity contribution in [1.29, 1.82) is 0 Å². The van der Waals surface area contributed by atoms with Crippen LogP contribution in [-0.2, 0) is 14.3 Å². The lowest BCUT2D eigenvalue weighted by atomic mass is 10.1. The van der Waals surface area contributed by atoms with Crippen molar-refractivity contribution in [2.75, 3.05) is 36.5 Å². The molecule has 3 rings (SSSR count). The SMILES string of the molecule is O=C1CN(c2ccc(NC(=O)C(OCC(F)(F)F)c3ccccc3)cc2)CCN1. The zero-order valence-electron chi connectivity index (χ0n) is 15.4. The number of carbonyl (C=O) groups is 2. The topological polar surface area (TPSA) is 70.7 Å². The van der Waals surface area contributed by atoms with Gasteiger partial charge in [0.2, 0.25) is 5.91 Å². The number of rotatable bonds is 6. The van der Waals surface area contributed by atoms with Crippen molar-refractivity contribution >= 4 is 23.2 Å². The summed E-state index contributed by atoms with van der Waals surface area (Å²) in [5.41, 5.74) is 1.55. The van der Waals surface area contributed by atoms with Crippen molar-refractivity contribution in [3.8, 4) is 0 Å². The summed E-state index contributed by atoms with van der Waals surface area (Å²) in [6.07, 6.45) is -5.95. The lowest BCUT2D eigenvalue weighted by Crippen LogP contribution is -2.47. The molecule has 1 fully saturated rings. The van der Waals surface area contributed by atoms with Crippen LogP contribution >= 0.6 is 0 Å². The van der Waals surface area contributed by atoms with E-state index in [9.17, 15) is 22.8 Å². The highest BCUT2D eigenvalue weighted by atomic mass is 19.4. The Kier molecular flexibility index (Phi) is 6.38. The van der Waals surface area contributed by atoms with E-state index in [0.29, 0.717) is 24.3 Å². The molecule has 0 aromatic heterocycles. The molecule has 6 nitrogen and oxygen atoms in total. The van der Waals surface area contributed by atoms with Gasteiger partial charge in [-0.05, 0) is 29.8 Å². The van der Waals surface area contributed by atoms with Gasteiger partial charge >= 0.3 is 6.18 Å². The highest BCUT2D eigenvalue weighted by Gasteiger charge is 2.32. The molecule has 0 bridgehead atoms. The van der Waals surface area contributed by atoms with Gasteiger partial charge in [-0.3, -0.25) is 9.59 Å². The lowest BCUT2D eigenvalue weighted by molar-refractivity contribution is -0.187. The number of amides is 2. The second kappa shape index (κ2) is 8.95. The zero-order chi connectivity index (χ0) is 20.9. The van der Waals surface area contributed by atoms with Crippen LogP contribution < -0.4 is 15.5 Å². The number of piperazine rings is 1. The Morgan fingerprint density at radius 3 is 2.45 bits per heavy atom. The van der Waals surface area contributed by atoms with Crippen LogP contribution in [0.25, 0.3) is 0 Å². The molecule has 0 saturated carbocycles. The molecular formula is C20H20F3N3O3. The van der Waals surface area contributed by atoms with E-state index in [2.05, 4.69) is 10.6 Å². The fourth-order valence-electron chi connectivity index (χ4n) is 2.95. The molecule has 1 aliphatic rings. The summed E-state index contributed by atoms with van der Waals surface area (Å²) in [6, 6.07) is 14.7. The van der Waals surface area contributed by atoms with Gasteiger partial charge in [0, 0.05) is 24.5 Å². The van der Waals surface area contributed by atoms with Gasteiger partial charge < -0.3 is 20.3 Å². The standard InChI is InChI=1S/C20H20F3N3O3/c21-20(22,23)13-29-18(14-4-2-1-3-5-14)19(28)25-15-6-8-16(9-7-15)26-11-10-24-17(27)12-26/h1-9,18H,10-13H2,(H,24,27)(H,25,28). The third-order valence-electron chi connectivity index (χ3n) is 4.29. The van der Waals surface area contributed by atoms with Crippen LogP contribution in [0.4, 0.5) is 24.5 Å². The van der Waals surface area contributed by atoms with Gasteiger partial charge in [-0.25, -0.2) is 0 Å². The predicted octanol–water partition coefficient (Wildman–Crippen LogP) is 2.88. The molecule has 1 atom stereocenters. The number of anilines is 2. The average molecular weight is 407 g/mol. The molecule has 1 saturated heterocycles. The Morgan fingerprint density at radius 2 is 1.83 bits per heavy atom. The fourth-order valence-corrected chi connectivity index (χ4v) is 2.95. The minimum absolute atomic E-state index is 0.0684. The first-order valence-corrected chi connectivity index (χ1v) is 8.98. The lowest BCUT2D eigenvalue weighted by Gasteiger charge is -2.28. The molecule has 2 aromatic carbocycles. The summed E-state index contributed by atoms with van der Waals surface area (Å²) in [6.45, 7) is -0.0750. The molecule has 1 aliphatic heterocycles. The van der Waals surface area contributed by atoms with Gasteiger partial charge in [-0.2, -0.15) is 13.2 Å². The first-order chi connectivity index (χ1) is 13.8. The molecule has 2 amide bonds. The molecule has 1 heterocycles. The molecular weight excluding hydrogens is 387 g/mol. The van der Waals surface area contributed by atoms with Gasteiger partial charge in [0.1, 0.15) is 6.61 Å². The van der Waals surface area contributed by atoms with E-state index in [0.717, 1.165) is 5.69 Å². The van der Waals surface area contributed by atoms with Crippen molar-refractivity contribution in [3.05, 3.63) is 60.2 Å². The van der Waals surface area contributed by atoms with Crippen molar-refractivity contribution in [1.82, 2.24) is 5.32 Å². The summed E-state index contributed by atoms with van der Waals surface area (Å²) in [4.78, 5) is 26.0. The average Bonchev–Trinajstić information content (AvgIpc) is 2.69. The fraction of sp³-hybridized carbons (Fsp3) is 0.300. The van der Waals surface area contributed by atoms with Crippen LogP contribution in [0.1, 0.15) is 11.7 Å². The maximum absolute atomic E-state index is 12.6. The molecule has 9 heteroatoms. The number of ether oxygens (including phenoxy) is 1. The molecule has 0 spiro atoms. The maximum Gasteiger partial charge on any atom is 0.411 e. The Labute approximate surface area is 165 Å². The van der Waals surface area contributed by atoms with Gasteiger partial charge in [0.25, 0.3) is 5.91 Å². The number of hydrogen-bond acceptors (Lipinski definition) is 4. The minimum atomic E-state index is -4.55. The van der Waals surface area contributed by atoms with E-state index >= 15 is 0 Å². The van der Waals surface area contributed by atoms with Crippen molar-refractivity contribution in [2.24, 2.45) is 0 Å². The Balaban J connectivity index is 1.69. The van der Waals surface area contributed by atoms with E-state index in [4.69, 9.17) is 4.74 Å². The number of nitrogens with zero attached hydrogens (tertiary/aromatic N) is 1. The molecule has 0 aliphatic carbocycles. The summed E-state index contributed by atoms with van der Waals surface area (Å²) in [5, 5.41) is 5.32. The second-order valence-electron chi connectivity index (χ2n) is 6.52. The quantitative estimate of drug-likeness (QED) is 0.773. The third kappa shape index (κ3) is 5.95. The van der Waals surface area contributed by atoms with Crippen LogP contribution in [0, 0.1) is 0 Å². The number of halogens is 3. The number of nitrogens with one attached hydrogen (secondary N) is 2. The van der Waals surface area contributed by atoms with Gasteiger partial charge in [0.15, 0.2) is 6.10 Å². The Hall–Kier alpha value is -3.07. The van der Waals surface area contributed by atoms with E-state index in [1.807, 2.05) is 4.90 Å². The van der Waals surface area contributed by atoms with Crippen LogP contribution in [0.15, 0.2) is 54.6 Å². The summed E-state index contributed by atoms with van der Waals surface area (Å²) < 4.78 is 42.6. The molecule has 29 heavy (non-hydrogen) atoms. The van der Waals surface area contributed by atoms with Crippen LogP contribution in [-0.4, -0.2) is 44.2 Å². The molecule has 2 aromatic rings. The normalized spacial score (nSPS) is 15.6. The molecule has 2 N–H and O–H groups in total. The van der Waals surface area contributed by atoms with Crippen molar-refractivity contribution < 1.29 is 27.5 Å². The highest BCUT2D eigenvalue weighted by Crippen LogP contribution is 2.25. The Bertz CT molecular complexity index is 842. The zero-order valence-corrected chi connectivity index (χ0v) is 15.4. The van der Waals surface area contributed by atoms with E-state index in [1.54, 1.807) is 42.5 Å². The number of carbonyl (C=O) groups excluding carboxylic acids is 2. The second-order valence-corrected chi connectivity index (χ2v) is 6.52. The van der Waals surface area contributed by atoms with Crippen molar-refractivity contribution in [2.45, 2.75) is 12.3 Å². The minimum Gasteiger partial charge on any atom is -0.360 e. The first kappa shape index (κ1) is 20.7. The van der Waals surface area contributed by atoms with E-state index in [1.165, 1.54) is 12.1 Å². The third-order valence-corrected chi connectivity index (χ3v) is 4.29. The van der Waals surface area contributed by atoms with Crippen molar-refractivity contribution in [3.63, 3.8) is 0 Å². The van der Waals surface area contributed by atoms with Crippen LogP contribution in [0.5, 0.6) is 0 Å². The highest BCUT2D eigenvalue weighted by molar-refractivity contribution is 5.95. The summed E-state index contributed by atoms with van der Waals surface area (Å²) >= 11 is 0. The molecule has 154 valence electrons. The summed E-state index contributed by atoms with van der Waals surface area (Å²) in [7, 11) is 0. The maximum atomic E-state index is 12.6. The Morgan fingerprint density at radius 1 is 1.14 bits per heavy atom. The van der Waals surface area contributed by atoms with E-state index in [-0.39, 0.29) is 12.5 Å². The number of alkyl halides is 3. The van der Waals surface area contributed by atoms with Crippen LogP contribution in [0.3, 0.4) is 0 Å². The monoisotopic (exact) mass is 407 g/mol. The smallest absolute Gasteiger partial charge is 0.360 e. The number of hydrogen-bond donors (Lipinski definition) is 2. The van der Waals surface area contributed by atoms with Gasteiger partial charge in [-0.15, -0.1) is 0 Å². The first-order valence-electron chi connectivity index (χ1n) is 8.98. The van der Waals surface area contributed by atoms with E-state index < -0.39 is 24.8 Å².